The van der Waals surface area contributed by atoms with Crippen LogP contribution in [0.2, 0.25) is 5.02 Å². The monoisotopic (exact) mass is 352 g/mol. The molecular formula is C15H17ClN4O2S. The highest BCUT2D eigenvalue weighted by Crippen LogP contribution is 2.23. The standard InChI is InChI=1S/C15H17ClN4O2S/c1-10-8-11(16)2-3-13(10)19-15-17-6-4-14(20-15)18-12-5-7-23(21,22)9-12/h2-4,6,8,12H,5,7,9H2,1H3,(H2,17,18,19,20). The fraction of sp³-hybridized carbons (Fsp3) is 0.333. The summed E-state index contributed by atoms with van der Waals surface area (Å²) in [7, 11) is -2.92. The normalized spacial score (nSPS) is 19.5. The molecule has 0 amide bonds. The lowest BCUT2D eigenvalue weighted by molar-refractivity contribution is 0.602. The second-order valence-corrected chi connectivity index (χ2v) is 8.26. The van der Waals surface area contributed by atoms with Gasteiger partial charge in [-0.2, -0.15) is 4.98 Å². The van der Waals surface area contributed by atoms with E-state index in [2.05, 4.69) is 20.6 Å². The molecule has 8 heteroatoms. The summed E-state index contributed by atoms with van der Waals surface area (Å²) in [5.74, 6) is 1.43. The molecule has 1 aliphatic rings. The molecule has 0 spiro atoms. The van der Waals surface area contributed by atoms with E-state index < -0.39 is 9.84 Å². The van der Waals surface area contributed by atoms with Crippen molar-refractivity contribution in [2.45, 2.75) is 19.4 Å². The van der Waals surface area contributed by atoms with Crippen LogP contribution in [0.4, 0.5) is 17.5 Å². The molecule has 1 saturated heterocycles. The number of aromatic nitrogens is 2. The van der Waals surface area contributed by atoms with Gasteiger partial charge in [0.2, 0.25) is 5.95 Å². The first-order valence-corrected chi connectivity index (χ1v) is 9.44. The van der Waals surface area contributed by atoms with Gasteiger partial charge in [0, 0.05) is 22.9 Å². The number of aryl methyl sites for hydroxylation is 1. The van der Waals surface area contributed by atoms with Crippen molar-refractivity contribution in [3.05, 3.63) is 41.0 Å². The van der Waals surface area contributed by atoms with Gasteiger partial charge in [-0.3, -0.25) is 0 Å². The second kappa shape index (κ2) is 6.33. The SMILES string of the molecule is Cc1cc(Cl)ccc1Nc1nccc(NC2CCS(=O)(=O)C2)n1. The highest BCUT2D eigenvalue weighted by atomic mass is 35.5. The van der Waals surface area contributed by atoms with Crippen molar-refractivity contribution in [2.24, 2.45) is 0 Å². The summed E-state index contributed by atoms with van der Waals surface area (Å²) < 4.78 is 23.0. The Labute approximate surface area is 140 Å². The first kappa shape index (κ1) is 16.0. The summed E-state index contributed by atoms with van der Waals surface area (Å²) in [5.41, 5.74) is 1.86. The number of rotatable bonds is 4. The van der Waals surface area contributed by atoms with Crippen LogP contribution in [0.25, 0.3) is 0 Å². The third kappa shape index (κ3) is 4.11. The van der Waals surface area contributed by atoms with Gasteiger partial charge in [0.25, 0.3) is 0 Å². The predicted octanol–water partition coefficient (Wildman–Crippen LogP) is 2.78. The summed E-state index contributed by atoms with van der Waals surface area (Å²) in [6, 6.07) is 7.15. The zero-order valence-electron chi connectivity index (χ0n) is 12.6. The van der Waals surface area contributed by atoms with E-state index in [9.17, 15) is 8.42 Å². The summed E-state index contributed by atoms with van der Waals surface area (Å²) in [6.07, 6.45) is 2.23. The van der Waals surface area contributed by atoms with Crippen molar-refractivity contribution in [1.82, 2.24) is 9.97 Å². The number of nitrogens with zero attached hydrogens (tertiary/aromatic N) is 2. The number of benzene rings is 1. The number of hydrogen-bond donors (Lipinski definition) is 2. The first-order chi connectivity index (χ1) is 10.9. The average Bonchev–Trinajstić information content (AvgIpc) is 2.81. The Morgan fingerprint density at radius 1 is 1.30 bits per heavy atom. The number of sulfone groups is 1. The van der Waals surface area contributed by atoms with E-state index in [1.165, 1.54) is 0 Å². The van der Waals surface area contributed by atoms with E-state index in [1.54, 1.807) is 18.3 Å². The fourth-order valence-corrected chi connectivity index (χ4v) is 4.41. The molecule has 1 unspecified atom stereocenters. The fourth-order valence-electron chi connectivity index (χ4n) is 2.51. The van der Waals surface area contributed by atoms with Gasteiger partial charge in [0.1, 0.15) is 5.82 Å². The summed E-state index contributed by atoms with van der Waals surface area (Å²) in [5, 5.41) is 6.97. The van der Waals surface area contributed by atoms with Gasteiger partial charge < -0.3 is 10.6 Å². The lowest BCUT2D eigenvalue weighted by Gasteiger charge is -2.13. The van der Waals surface area contributed by atoms with Crippen molar-refractivity contribution in [3.8, 4) is 0 Å². The summed E-state index contributed by atoms with van der Waals surface area (Å²) in [4.78, 5) is 8.57. The van der Waals surface area contributed by atoms with Crippen LogP contribution in [-0.2, 0) is 9.84 Å². The lowest BCUT2D eigenvalue weighted by Crippen LogP contribution is -2.21. The van der Waals surface area contributed by atoms with Crippen LogP contribution in [0.1, 0.15) is 12.0 Å². The maximum atomic E-state index is 11.5. The third-order valence-electron chi connectivity index (χ3n) is 3.67. The largest absolute Gasteiger partial charge is 0.366 e. The molecule has 1 aromatic heterocycles. The molecule has 122 valence electrons. The van der Waals surface area contributed by atoms with Crippen molar-refractivity contribution in [2.75, 3.05) is 22.1 Å². The van der Waals surface area contributed by atoms with Gasteiger partial charge in [0.05, 0.1) is 11.5 Å². The van der Waals surface area contributed by atoms with Crippen LogP contribution in [0.3, 0.4) is 0 Å². The van der Waals surface area contributed by atoms with Gasteiger partial charge in [0.15, 0.2) is 9.84 Å². The van der Waals surface area contributed by atoms with Crippen LogP contribution in [-0.4, -0.2) is 35.9 Å². The second-order valence-electron chi connectivity index (χ2n) is 5.59. The van der Waals surface area contributed by atoms with E-state index in [-0.39, 0.29) is 17.5 Å². The summed E-state index contributed by atoms with van der Waals surface area (Å²) in [6.45, 7) is 1.94. The van der Waals surface area contributed by atoms with Gasteiger partial charge in [-0.25, -0.2) is 13.4 Å². The van der Waals surface area contributed by atoms with Crippen LogP contribution in [0, 0.1) is 6.92 Å². The Balaban J connectivity index is 1.72. The van der Waals surface area contributed by atoms with E-state index >= 15 is 0 Å². The number of anilines is 3. The maximum Gasteiger partial charge on any atom is 0.229 e. The molecule has 2 N–H and O–H groups in total. The molecule has 1 atom stereocenters. The Morgan fingerprint density at radius 2 is 2.13 bits per heavy atom. The molecule has 0 aliphatic carbocycles. The molecule has 6 nitrogen and oxygen atoms in total. The molecule has 0 radical (unpaired) electrons. The zero-order valence-corrected chi connectivity index (χ0v) is 14.2. The minimum absolute atomic E-state index is 0.0972. The van der Waals surface area contributed by atoms with Crippen molar-refractivity contribution < 1.29 is 8.42 Å². The smallest absolute Gasteiger partial charge is 0.229 e. The topological polar surface area (TPSA) is 84.0 Å². The quantitative estimate of drug-likeness (QED) is 0.880. The van der Waals surface area contributed by atoms with Gasteiger partial charge in [-0.1, -0.05) is 11.6 Å². The molecule has 2 aromatic rings. The van der Waals surface area contributed by atoms with Crippen LogP contribution in [0.5, 0.6) is 0 Å². The molecule has 2 heterocycles. The lowest BCUT2D eigenvalue weighted by atomic mass is 10.2. The maximum absolute atomic E-state index is 11.5. The van der Waals surface area contributed by atoms with Gasteiger partial charge in [-0.05, 0) is 43.2 Å². The highest BCUT2D eigenvalue weighted by Gasteiger charge is 2.27. The number of hydrogen-bond acceptors (Lipinski definition) is 6. The highest BCUT2D eigenvalue weighted by molar-refractivity contribution is 7.91. The molecular weight excluding hydrogens is 336 g/mol. The Morgan fingerprint density at radius 3 is 2.83 bits per heavy atom. The Hall–Kier alpha value is -1.86. The molecule has 1 aliphatic heterocycles. The Bertz CT molecular complexity index is 826. The number of nitrogens with one attached hydrogen (secondary N) is 2. The van der Waals surface area contributed by atoms with E-state index in [4.69, 9.17) is 11.6 Å². The van der Waals surface area contributed by atoms with Crippen molar-refractivity contribution in [3.63, 3.8) is 0 Å². The van der Waals surface area contributed by atoms with Crippen LogP contribution < -0.4 is 10.6 Å². The average molecular weight is 353 g/mol. The zero-order chi connectivity index (χ0) is 16.4. The predicted molar refractivity (Wildman–Crippen MR) is 92.2 cm³/mol. The van der Waals surface area contributed by atoms with Crippen molar-refractivity contribution in [1.29, 1.82) is 0 Å². The van der Waals surface area contributed by atoms with Gasteiger partial charge in [-0.15, -0.1) is 0 Å². The van der Waals surface area contributed by atoms with E-state index in [0.717, 1.165) is 11.3 Å². The molecule has 0 saturated carbocycles. The summed E-state index contributed by atoms with van der Waals surface area (Å²) >= 11 is 5.95. The molecule has 0 bridgehead atoms. The minimum atomic E-state index is -2.92. The molecule has 1 fully saturated rings. The van der Waals surface area contributed by atoms with Crippen LogP contribution in [0.15, 0.2) is 30.5 Å². The van der Waals surface area contributed by atoms with Crippen molar-refractivity contribution >= 4 is 38.9 Å². The van der Waals surface area contributed by atoms with Crippen LogP contribution >= 0.6 is 11.6 Å². The molecule has 1 aromatic carbocycles. The minimum Gasteiger partial charge on any atom is -0.366 e. The Kier molecular flexibility index (Phi) is 4.41. The van der Waals surface area contributed by atoms with E-state index in [1.807, 2.05) is 19.1 Å². The third-order valence-corrected chi connectivity index (χ3v) is 5.68. The van der Waals surface area contributed by atoms with E-state index in [0.29, 0.717) is 23.2 Å². The first-order valence-electron chi connectivity index (χ1n) is 7.24. The molecule has 3 rings (SSSR count). The number of halogens is 1. The van der Waals surface area contributed by atoms with Gasteiger partial charge >= 0.3 is 0 Å². The molecule has 23 heavy (non-hydrogen) atoms.